The van der Waals surface area contributed by atoms with Crippen LogP contribution in [0.4, 0.5) is 0 Å². The quantitative estimate of drug-likeness (QED) is 0.611. The van der Waals surface area contributed by atoms with Crippen LogP contribution in [-0.4, -0.2) is 19.8 Å². The molecule has 0 aliphatic carbocycles. The Morgan fingerprint density at radius 1 is 1.14 bits per heavy atom. The molecule has 0 fully saturated rings. The second-order valence-electron chi connectivity index (χ2n) is 5.53. The maximum atomic E-state index is 5.76. The molecule has 1 aromatic carbocycles. The summed E-state index contributed by atoms with van der Waals surface area (Å²) in [5.41, 5.74) is 1.20. The van der Waals surface area contributed by atoms with Gasteiger partial charge >= 0.3 is 0 Å². The van der Waals surface area contributed by atoms with E-state index in [1.807, 2.05) is 13.0 Å². The van der Waals surface area contributed by atoms with Gasteiger partial charge in [-0.1, -0.05) is 36.7 Å². The molecule has 0 saturated heterocycles. The maximum absolute atomic E-state index is 5.76. The average Bonchev–Trinajstić information content (AvgIpc) is 2.44. The average molecular weight is 358 g/mol. The second-order valence-corrected chi connectivity index (χ2v) is 6.39. The standard InChI is InChI=1S/C17H28BrNO2/c1-5-9-21-17-11-15(18)14(10-16(17)20-6-2)12-19-8-7-13(3)4/h10-11,13,19H,5-9,12H2,1-4H3. The molecule has 0 spiro atoms. The molecule has 0 heterocycles. The van der Waals surface area contributed by atoms with Crippen LogP contribution >= 0.6 is 15.9 Å². The third-order valence-electron chi connectivity index (χ3n) is 3.09. The van der Waals surface area contributed by atoms with E-state index in [0.717, 1.165) is 41.4 Å². The van der Waals surface area contributed by atoms with Gasteiger partial charge in [0.25, 0.3) is 0 Å². The van der Waals surface area contributed by atoms with Crippen molar-refractivity contribution in [3.05, 3.63) is 22.2 Å². The van der Waals surface area contributed by atoms with Gasteiger partial charge in [0, 0.05) is 11.0 Å². The summed E-state index contributed by atoms with van der Waals surface area (Å²) in [6.45, 7) is 11.8. The van der Waals surface area contributed by atoms with Crippen LogP contribution in [0.1, 0.15) is 46.1 Å². The molecule has 4 heteroatoms. The lowest BCUT2D eigenvalue weighted by molar-refractivity contribution is 0.276. The van der Waals surface area contributed by atoms with Crippen molar-refractivity contribution < 1.29 is 9.47 Å². The molecular formula is C17H28BrNO2. The topological polar surface area (TPSA) is 30.5 Å². The molecular weight excluding hydrogens is 330 g/mol. The fraction of sp³-hybridized carbons (Fsp3) is 0.647. The van der Waals surface area contributed by atoms with Crippen molar-refractivity contribution in [1.29, 1.82) is 0 Å². The molecule has 1 N–H and O–H groups in total. The maximum Gasteiger partial charge on any atom is 0.162 e. The second kappa shape index (κ2) is 10.1. The Bertz CT molecular complexity index is 421. The van der Waals surface area contributed by atoms with E-state index in [1.54, 1.807) is 0 Å². The van der Waals surface area contributed by atoms with Gasteiger partial charge in [-0.2, -0.15) is 0 Å². The predicted molar refractivity (Wildman–Crippen MR) is 92.3 cm³/mol. The Morgan fingerprint density at radius 3 is 2.48 bits per heavy atom. The molecule has 0 unspecified atom stereocenters. The van der Waals surface area contributed by atoms with Gasteiger partial charge in [0.2, 0.25) is 0 Å². The molecule has 0 aliphatic rings. The van der Waals surface area contributed by atoms with Gasteiger partial charge in [-0.3, -0.25) is 0 Å². The molecule has 0 aliphatic heterocycles. The Kier molecular flexibility index (Phi) is 8.77. The Morgan fingerprint density at radius 2 is 1.86 bits per heavy atom. The summed E-state index contributed by atoms with van der Waals surface area (Å²) < 4.78 is 12.5. The van der Waals surface area contributed by atoms with E-state index < -0.39 is 0 Å². The molecule has 120 valence electrons. The van der Waals surface area contributed by atoms with Gasteiger partial charge < -0.3 is 14.8 Å². The fourth-order valence-corrected chi connectivity index (χ4v) is 2.38. The van der Waals surface area contributed by atoms with E-state index in [-0.39, 0.29) is 0 Å². The van der Waals surface area contributed by atoms with Crippen molar-refractivity contribution >= 4 is 15.9 Å². The lowest BCUT2D eigenvalue weighted by atomic mass is 10.1. The molecule has 0 atom stereocenters. The van der Waals surface area contributed by atoms with Gasteiger partial charge in [-0.25, -0.2) is 0 Å². The molecule has 0 saturated carbocycles. The first-order valence-corrected chi connectivity index (χ1v) is 8.66. The Balaban J connectivity index is 2.73. The zero-order valence-corrected chi connectivity index (χ0v) is 15.3. The molecule has 3 nitrogen and oxygen atoms in total. The molecule has 21 heavy (non-hydrogen) atoms. The highest BCUT2D eigenvalue weighted by Crippen LogP contribution is 2.34. The van der Waals surface area contributed by atoms with Crippen LogP contribution in [0.15, 0.2) is 16.6 Å². The number of ether oxygens (including phenoxy) is 2. The minimum absolute atomic E-state index is 0.643. The number of benzene rings is 1. The minimum atomic E-state index is 0.643. The zero-order valence-electron chi connectivity index (χ0n) is 13.7. The largest absolute Gasteiger partial charge is 0.490 e. The lowest BCUT2D eigenvalue weighted by Gasteiger charge is -2.15. The number of hydrogen-bond acceptors (Lipinski definition) is 3. The third-order valence-corrected chi connectivity index (χ3v) is 3.83. The highest BCUT2D eigenvalue weighted by Gasteiger charge is 2.10. The van der Waals surface area contributed by atoms with Gasteiger partial charge in [0.05, 0.1) is 13.2 Å². The molecule has 1 rings (SSSR count). The van der Waals surface area contributed by atoms with Crippen molar-refractivity contribution in [2.45, 2.75) is 47.1 Å². The van der Waals surface area contributed by atoms with Crippen molar-refractivity contribution in [2.75, 3.05) is 19.8 Å². The summed E-state index contributed by atoms with van der Waals surface area (Å²) >= 11 is 3.63. The first kappa shape index (κ1) is 18.3. The summed E-state index contributed by atoms with van der Waals surface area (Å²) in [7, 11) is 0. The molecule has 0 aromatic heterocycles. The van der Waals surface area contributed by atoms with Crippen LogP contribution in [0.3, 0.4) is 0 Å². The van der Waals surface area contributed by atoms with Crippen LogP contribution in [-0.2, 0) is 6.54 Å². The Labute approximate surface area is 137 Å². The van der Waals surface area contributed by atoms with Crippen LogP contribution in [0.2, 0.25) is 0 Å². The van der Waals surface area contributed by atoms with Crippen molar-refractivity contribution in [1.82, 2.24) is 5.32 Å². The summed E-state index contributed by atoms with van der Waals surface area (Å²) in [6, 6.07) is 4.08. The summed E-state index contributed by atoms with van der Waals surface area (Å²) in [5.74, 6) is 2.37. The third kappa shape index (κ3) is 6.70. The molecule has 0 bridgehead atoms. The van der Waals surface area contributed by atoms with Gasteiger partial charge in [-0.15, -0.1) is 0 Å². The van der Waals surface area contributed by atoms with Crippen LogP contribution in [0, 0.1) is 5.92 Å². The smallest absolute Gasteiger partial charge is 0.162 e. The summed E-state index contributed by atoms with van der Waals surface area (Å²) in [5, 5.41) is 3.48. The first-order valence-electron chi connectivity index (χ1n) is 7.87. The SMILES string of the molecule is CCCOc1cc(Br)c(CNCCC(C)C)cc1OCC. The Hall–Kier alpha value is -0.740. The lowest BCUT2D eigenvalue weighted by Crippen LogP contribution is -2.16. The minimum Gasteiger partial charge on any atom is -0.490 e. The van der Waals surface area contributed by atoms with Gasteiger partial charge in [0.1, 0.15) is 0 Å². The van der Waals surface area contributed by atoms with Crippen molar-refractivity contribution in [3.8, 4) is 11.5 Å². The zero-order chi connectivity index (χ0) is 15.7. The number of nitrogens with one attached hydrogen (secondary N) is 1. The van der Waals surface area contributed by atoms with Gasteiger partial charge in [-0.05, 0) is 49.9 Å². The van der Waals surface area contributed by atoms with Crippen LogP contribution in [0.5, 0.6) is 11.5 Å². The van der Waals surface area contributed by atoms with E-state index in [1.165, 1.54) is 12.0 Å². The van der Waals surface area contributed by atoms with E-state index in [2.05, 4.69) is 48.1 Å². The van der Waals surface area contributed by atoms with Crippen LogP contribution in [0.25, 0.3) is 0 Å². The van der Waals surface area contributed by atoms with Crippen molar-refractivity contribution in [2.24, 2.45) is 5.92 Å². The number of hydrogen-bond donors (Lipinski definition) is 1. The monoisotopic (exact) mass is 357 g/mol. The van der Waals surface area contributed by atoms with E-state index in [0.29, 0.717) is 13.2 Å². The summed E-state index contributed by atoms with van der Waals surface area (Å²) in [4.78, 5) is 0. The summed E-state index contributed by atoms with van der Waals surface area (Å²) in [6.07, 6.45) is 2.18. The van der Waals surface area contributed by atoms with E-state index in [4.69, 9.17) is 9.47 Å². The van der Waals surface area contributed by atoms with Gasteiger partial charge in [0.15, 0.2) is 11.5 Å². The number of rotatable bonds is 10. The fourth-order valence-electron chi connectivity index (χ4n) is 1.92. The highest BCUT2D eigenvalue weighted by atomic mass is 79.9. The number of halogens is 1. The van der Waals surface area contributed by atoms with Crippen LogP contribution < -0.4 is 14.8 Å². The predicted octanol–water partition coefficient (Wildman–Crippen LogP) is 4.77. The molecule has 0 amide bonds. The first-order chi connectivity index (χ1) is 10.1. The van der Waals surface area contributed by atoms with E-state index >= 15 is 0 Å². The normalized spacial score (nSPS) is 11.0. The molecule has 1 aromatic rings. The van der Waals surface area contributed by atoms with E-state index in [9.17, 15) is 0 Å². The highest BCUT2D eigenvalue weighted by molar-refractivity contribution is 9.10. The molecule has 0 radical (unpaired) electrons. The van der Waals surface area contributed by atoms with Crippen molar-refractivity contribution in [3.63, 3.8) is 0 Å².